The molecule has 0 aliphatic carbocycles. The maximum Gasteiger partial charge on any atom is 0.0184 e. The van der Waals surface area contributed by atoms with Gasteiger partial charge in [0.15, 0.2) is 0 Å². The third-order valence-electron chi connectivity index (χ3n) is 2.97. The van der Waals surface area contributed by atoms with Crippen LogP contribution < -0.4 is 0 Å². The van der Waals surface area contributed by atoms with Crippen molar-refractivity contribution in [2.75, 3.05) is 23.0 Å². The van der Waals surface area contributed by atoms with E-state index in [-0.39, 0.29) is 0 Å². The zero-order valence-corrected chi connectivity index (χ0v) is 14.7. The highest BCUT2D eigenvalue weighted by Crippen LogP contribution is 2.16. The minimum atomic E-state index is 1.14. The van der Waals surface area contributed by atoms with Gasteiger partial charge in [0.05, 0.1) is 0 Å². The van der Waals surface area contributed by atoms with Gasteiger partial charge in [-0.3, -0.25) is 0 Å². The molecule has 112 valence electrons. The molecule has 0 amide bonds. The second kappa shape index (κ2) is 11.1. The van der Waals surface area contributed by atoms with Gasteiger partial charge in [-0.2, -0.15) is 35.3 Å². The highest BCUT2D eigenvalue weighted by Gasteiger charge is 1.95. The molecular weight excluding hydrogens is 312 g/mol. The number of benzene rings is 2. The van der Waals surface area contributed by atoms with E-state index in [0.29, 0.717) is 0 Å². The van der Waals surface area contributed by atoms with E-state index in [1.807, 2.05) is 23.5 Å². The van der Waals surface area contributed by atoms with Crippen LogP contribution >= 0.6 is 35.3 Å². The van der Waals surface area contributed by atoms with Gasteiger partial charge in [0, 0.05) is 34.5 Å². The molecule has 0 unspecified atom stereocenters. The molecule has 0 bridgehead atoms. The lowest BCUT2D eigenvalue weighted by molar-refractivity contribution is 1.39. The molecule has 3 heteroatoms. The number of hydrogen-bond donors (Lipinski definition) is 0. The van der Waals surface area contributed by atoms with E-state index in [2.05, 4.69) is 72.4 Å². The molecule has 2 aromatic rings. The highest BCUT2D eigenvalue weighted by molar-refractivity contribution is 8.04. The standard InChI is InChI=1S/C18H22S3/c1-3-7-17(8-4-1)15-20-13-11-19-12-14-21-16-18-9-5-2-6-10-18/h1-10H,11-16H2. The first-order valence-corrected chi connectivity index (χ1v) is 10.7. The monoisotopic (exact) mass is 334 g/mol. The number of hydrogen-bond acceptors (Lipinski definition) is 3. The van der Waals surface area contributed by atoms with Gasteiger partial charge in [0.25, 0.3) is 0 Å². The van der Waals surface area contributed by atoms with Crippen molar-refractivity contribution in [1.29, 1.82) is 0 Å². The summed E-state index contributed by atoms with van der Waals surface area (Å²) in [7, 11) is 0. The van der Waals surface area contributed by atoms with Crippen LogP contribution in [-0.4, -0.2) is 23.0 Å². The normalized spacial score (nSPS) is 10.7. The van der Waals surface area contributed by atoms with E-state index in [1.54, 1.807) is 0 Å². The van der Waals surface area contributed by atoms with Crippen LogP contribution in [0, 0.1) is 0 Å². The zero-order valence-electron chi connectivity index (χ0n) is 12.2. The average molecular weight is 335 g/mol. The van der Waals surface area contributed by atoms with Gasteiger partial charge in [0.2, 0.25) is 0 Å². The summed E-state index contributed by atoms with van der Waals surface area (Å²) in [5.74, 6) is 7.33. The van der Waals surface area contributed by atoms with E-state index in [1.165, 1.54) is 34.1 Å². The van der Waals surface area contributed by atoms with Crippen LogP contribution in [0.1, 0.15) is 11.1 Å². The van der Waals surface area contributed by atoms with Crippen LogP contribution in [0.15, 0.2) is 60.7 Å². The van der Waals surface area contributed by atoms with Gasteiger partial charge in [0.1, 0.15) is 0 Å². The van der Waals surface area contributed by atoms with Crippen molar-refractivity contribution in [1.82, 2.24) is 0 Å². The maximum atomic E-state index is 2.21. The molecule has 0 saturated heterocycles. The van der Waals surface area contributed by atoms with E-state index < -0.39 is 0 Å². The SMILES string of the molecule is c1ccc(CSCCSCCSCc2ccccc2)cc1. The van der Waals surface area contributed by atoms with E-state index in [4.69, 9.17) is 0 Å². The molecule has 21 heavy (non-hydrogen) atoms. The van der Waals surface area contributed by atoms with Crippen molar-refractivity contribution in [2.45, 2.75) is 11.5 Å². The molecule has 2 aromatic carbocycles. The van der Waals surface area contributed by atoms with Crippen molar-refractivity contribution in [2.24, 2.45) is 0 Å². The second-order valence-electron chi connectivity index (χ2n) is 4.69. The lowest BCUT2D eigenvalue weighted by Crippen LogP contribution is -1.91. The van der Waals surface area contributed by atoms with Gasteiger partial charge in [-0.05, 0) is 11.1 Å². The first-order valence-electron chi connectivity index (χ1n) is 7.26. The number of thioether (sulfide) groups is 3. The Hall–Kier alpha value is -0.510. The van der Waals surface area contributed by atoms with Crippen LogP contribution in [0.3, 0.4) is 0 Å². The quantitative estimate of drug-likeness (QED) is 0.520. The Kier molecular flexibility index (Phi) is 8.92. The molecular formula is C18H22S3. The summed E-state index contributed by atoms with van der Waals surface area (Å²) in [5.41, 5.74) is 2.87. The first kappa shape index (κ1) is 16.9. The fourth-order valence-electron chi connectivity index (χ4n) is 1.87. The first-order chi connectivity index (χ1) is 10.4. The molecule has 0 saturated carbocycles. The third kappa shape index (κ3) is 7.89. The summed E-state index contributed by atoms with van der Waals surface area (Å²) in [6.07, 6.45) is 0. The van der Waals surface area contributed by atoms with Gasteiger partial charge >= 0.3 is 0 Å². The Morgan fingerprint density at radius 3 is 1.29 bits per heavy atom. The minimum Gasteiger partial charge on any atom is -0.160 e. The van der Waals surface area contributed by atoms with Gasteiger partial charge in [-0.25, -0.2) is 0 Å². The van der Waals surface area contributed by atoms with Crippen molar-refractivity contribution in [3.8, 4) is 0 Å². The van der Waals surface area contributed by atoms with E-state index in [9.17, 15) is 0 Å². The van der Waals surface area contributed by atoms with Gasteiger partial charge < -0.3 is 0 Å². The number of rotatable bonds is 10. The van der Waals surface area contributed by atoms with Gasteiger partial charge in [-0.15, -0.1) is 0 Å². The Bertz CT molecular complexity index is 425. The Morgan fingerprint density at radius 1 is 0.476 bits per heavy atom. The molecule has 0 atom stereocenters. The van der Waals surface area contributed by atoms with Crippen LogP contribution in [0.25, 0.3) is 0 Å². The summed E-state index contributed by atoms with van der Waals surface area (Å²) in [5, 5.41) is 0. The Balaban J connectivity index is 1.40. The summed E-state index contributed by atoms with van der Waals surface area (Å²) < 4.78 is 0. The summed E-state index contributed by atoms with van der Waals surface area (Å²) in [6, 6.07) is 21.5. The molecule has 0 aliphatic rings. The fraction of sp³-hybridized carbons (Fsp3) is 0.333. The summed E-state index contributed by atoms with van der Waals surface area (Å²) in [4.78, 5) is 0. The molecule has 0 spiro atoms. The largest absolute Gasteiger partial charge is 0.160 e. The average Bonchev–Trinajstić information content (AvgIpc) is 2.55. The van der Waals surface area contributed by atoms with Crippen molar-refractivity contribution in [3.05, 3.63) is 71.8 Å². The van der Waals surface area contributed by atoms with Crippen LogP contribution in [0.5, 0.6) is 0 Å². The van der Waals surface area contributed by atoms with Crippen molar-refractivity contribution in [3.63, 3.8) is 0 Å². The minimum absolute atomic E-state index is 1.14. The van der Waals surface area contributed by atoms with Crippen molar-refractivity contribution >= 4 is 35.3 Å². The molecule has 0 N–H and O–H groups in total. The fourth-order valence-corrected chi connectivity index (χ4v) is 5.10. The smallest absolute Gasteiger partial charge is 0.0184 e. The Morgan fingerprint density at radius 2 is 0.857 bits per heavy atom. The molecule has 0 heterocycles. The predicted octanol–water partition coefficient (Wildman–Crippen LogP) is 5.59. The summed E-state index contributed by atoms with van der Waals surface area (Å²) >= 11 is 6.16. The topological polar surface area (TPSA) is 0 Å². The molecule has 0 nitrogen and oxygen atoms in total. The Labute approximate surface area is 141 Å². The maximum absolute atomic E-state index is 2.21. The van der Waals surface area contributed by atoms with Gasteiger partial charge in [-0.1, -0.05) is 60.7 Å². The molecule has 0 radical (unpaired) electrons. The molecule has 0 aromatic heterocycles. The van der Waals surface area contributed by atoms with Crippen LogP contribution in [-0.2, 0) is 11.5 Å². The predicted molar refractivity (Wildman–Crippen MR) is 103 cm³/mol. The second-order valence-corrected chi connectivity index (χ2v) is 8.12. The third-order valence-corrected chi connectivity index (χ3v) is 6.53. The van der Waals surface area contributed by atoms with E-state index >= 15 is 0 Å². The highest BCUT2D eigenvalue weighted by atomic mass is 32.2. The van der Waals surface area contributed by atoms with Crippen LogP contribution in [0.4, 0.5) is 0 Å². The zero-order chi connectivity index (χ0) is 14.6. The lowest BCUT2D eigenvalue weighted by Gasteiger charge is -2.03. The molecule has 0 fully saturated rings. The summed E-state index contributed by atoms with van der Waals surface area (Å²) in [6.45, 7) is 0. The van der Waals surface area contributed by atoms with E-state index in [0.717, 1.165) is 11.5 Å². The lowest BCUT2D eigenvalue weighted by atomic mass is 10.2. The molecule has 0 aliphatic heterocycles. The van der Waals surface area contributed by atoms with Crippen LogP contribution in [0.2, 0.25) is 0 Å². The molecule has 2 rings (SSSR count). The van der Waals surface area contributed by atoms with Crippen molar-refractivity contribution < 1.29 is 0 Å².